The zero-order valence-corrected chi connectivity index (χ0v) is 27.8. The molecule has 48 heavy (non-hydrogen) atoms. The number of anilines is 1. The molecule has 0 saturated carbocycles. The number of halogens is 3. The highest BCUT2D eigenvalue weighted by atomic mass is 35.5. The predicted molar refractivity (Wildman–Crippen MR) is 182 cm³/mol. The third kappa shape index (κ3) is 10.6. The lowest BCUT2D eigenvalue weighted by molar-refractivity contribution is -0.142. The molecule has 0 aromatic heterocycles. The lowest BCUT2D eigenvalue weighted by atomic mass is 10.0. The van der Waals surface area contributed by atoms with E-state index < -0.39 is 47.8 Å². The Morgan fingerprint density at radius 1 is 0.875 bits per heavy atom. The molecule has 3 amide bonds. The van der Waals surface area contributed by atoms with Crippen molar-refractivity contribution >= 4 is 52.8 Å². The van der Waals surface area contributed by atoms with Crippen LogP contribution in [0.15, 0.2) is 78.9 Å². The smallest absolute Gasteiger partial charge is 0.410 e. The number of hydrogen-bond donors (Lipinski definition) is 3. The number of ether oxygens (including phenoxy) is 1. The van der Waals surface area contributed by atoms with Gasteiger partial charge in [0, 0.05) is 49.9 Å². The number of alkyl halides is 2. The van der Waals surface area contributed by atoms with Gasteiger partial charge in [-0.2, -0.15) is 0 Å². The summed E-state index contributed by atoms with van der Waals surface area (Å²) in [5.41, 5.74) is 2.82. The van der Waals surface area contributed by atoms with Crippen molar-refractivity contribution < 1.29 is 33.4 Å². The van der Waals surface area contributed by atoms with Crippen LogP contribution in [0.25, 0.3) is 0 Å². The SMILES string of the molecule is O=C(O)[C@H](Cc1ccc(F)cc1)NC(=O)[C@H](Cc1cccc(N(CCCl)CCCl)c1)NC(=O)[C@@H]1CCCN1C(=O)OCc1ccccc1. The van der Waals surface area contributed by atoms with Crippen molar-refractivity contribution in [1.29, 1.82) is 0 Å². The first-order chi connectivity index (χ1) is 23.2. The van der Waals surface area contributed by atoms with Crippen molar-refractivity contribution in [2.24, 2.45) is 0 Å². The van der Waals surface area contributed by atoms with Crippen molar-refractivity contribution in [1.82, 2.24) is 15.5 Å². The van der Waals surface area contributed by atoms with Crippen molar-refractivity contribution in [3.05, 3.63) is 101 Å². The van der Waals surface area contributed by atoms with Gasteiger partial charge in [-0.1, -0.05) is 54.6 Å². The average Bonchev–Trinajstić information content (AvgIpc) is 3.58. The standard InChI is InChI=1S/C35H39Cl2FN4O6/c36-15-18-41(19-16-37)28-9-4-8-26(20-28)22-29(32(43)40-30(34(45)46)21-24-11-13-27(38)14-12-24)39-33(44)31-10-5-17-42(31)35(47)48-23-25-6-2-1-3-7-25/h1-4,6-9,11-14,20,29-31H,5,10,15-19,21-23H2,(H,39,44)(H,40,43)(H,45,46)/t29-,30-,31-/m0/s1. The van der Waals surface area contributed by atoms with Gasteiger partial charge in [-0.3, -0.25) is 14.5 Å². The topological polar surface area (TPSA) is 128 Å². The lowest BCUT2D eigenvalue weighted by Gasteiger charge is -2.27. The fraction of sp³-hybridized carbons (Fsp3) is 0.371. The normalized spacial score (nSPS) is 15.3. The second kappa shape index (κ2) is 18.3. The summed E-state index contributed by atoms with van der Waals surface area (Å²) in [5, 5.41) is 15.3. The minimum absolute atomic E-state index is 0.0229. The summed E-state index contributed by atoms with van der Waals surface area (Å²) >= 11 is 12.0. The monoisotopic (exact) mass is 700 g/mol. The molecule has 1 fully saturated rings. The summed E-state index contributed by atoms with van der Waals surface area (Å²) in [7, 11) is 0. The second-order valence-electron chi connectivity index (χ2n) is 11.4. The quantitative estimate of drug-likeness (QED) is 0.184. The van der Waals surface area contributed by atoms with Gasteiger partial charge in [0.05, 0.1) is 0 Å². The van der Waals surface area contributed by atoms with Gasteiger partial charge >= 0.3 is 12.1 Å². The van der Waals surface area contributed by atoms with E-state index in [-0.39, 0.29) is 19.4 Å². The number of rotatable bonds is 16. The highest BCUT2D eigenvalue weighted by Crippen LogP contribution is 2.21. The molecular weight excluding hydrogens is 662 g/mol. The van der Waals surface area contributed by atoms with E-state index in [0.717, 1.165) is 11.3 Å². The van der Waals surface area contributed by atoms with Gasteiger partial charge in [0.15, 0.2) is 0 Å². The molecule has 3 N–H and O–H groups in total. The molecule has 256 valence electrons. The number of aliphatic carboxylic acids is 1. The summed E-state index contributed by atoms with van der Waals surface area (Å²) in [4.78, 5) is 56.0. The van der Waals surface area contributed by atoms with E-state index >= 15 is 0 Å². The number of amides is 3. The van der Waals surface area contributed by atoms with Gasteiger partial charge in [0.1, 0.15) is 30.5 Å². The van der Waals surface area contributed by atoms with E-state index in [1.54, 1.807) is 6.07 Å². The maximum absolute atomic E-state index is 13.8. The van der Waals surface area contributed by atoms with E-state index in [0.29, 0.717) is 55.4 Å². The summed E-state index contributed by atoms with van der Waals surface area (Å²) in [6.07, 6.45) is 0.202. The summed E-state index contributed by atoms with van der Waals surface area (Å²) in [6, 6.07) is 18.4. The minimum atomic E-state index is -1.35. The molecule has 3 atom stereocenters. The molecule has 1 aliphatic heterocycles. The fourth-order valence-electron chi connectivity index (χ4n) is 5.56. The van der Waals surface area contributed by atoms with Crippen LogP contribution in [0, 0.1) is 5.82 Å². The summed E-state index contributed by atoms with van der Waals surface area (Å²) in [5.74, 6) is -2.30. The molecule has 13 heteroatoms. The predicted octanol–water partition coefficient (Wildman–Crippen LogP) is 4.75. The molecule has 3 aromatic carbocycles. The molecule has 0 spiro atoms. The molecule has 0 bridgehead atoms. The third-order valence-electron chi connectivity index (χ3n) is 8.02. The van der Waals surface area contributed by atoms with Crippen LogP contribution in [0.3, 0.4) is 0 Å². The number of nitrogens with zero attached hydrogens (tertiary/aromatic N) is 2. The number of nitrogens with one attached hydrogen (secondary N) is 2. The Balaban J connectivity index is 1.53. The Morgan fingerprint density at radius 2 is 1.54 bits per heavy atom. The van der Waals surface area contributed by atoms with Crippen LogP contribution in [0.4, 0.5) is 14.9 Å². The second-order valence-corrected chi connectivity index (χ2v) is 12.2. The zero-order valence-electron chi connectivity index (χ0n) is 26.3. The molecule has 1 saturated heterocycles. The number of carbonyl (C=O) groups excluding carboxylic acids is 3. The van der Waals surface area contributed by atoms with Crippen LogP contribution < -0.4 is 15.5 Å². The van der Waals surface area contributed by atoms with Gasteiger partial charge < -0.3 is 25.4 Å². The van der Waals surface area contributed by atoms with Crippen LogP contribution in [-0.4, -0.2) is 83.4 Å². The van der Waals surface area contributed by atoms with E-state index in [2.05, 4.69) is 10.6 Å². The van der Waals surface area contributed by atoms with Crippen LogP contribution in [0.1, 0.15) is 29.5 Å². The van der Waals surface area contributed by atoms with Crippen LogP contribution in [0.5, 0.6) is 0 Å². The minimum Gasteiger partial charge on any atom is -0.480 e. The van der Waals surface area contributed by atoms with Gasteiger partial charge in [0.2, 0.25) is 11.8 Å². The maximum Gasteiger partial charge on any atom is 0.410 e. The number of benzene rings is 3. The first-order valence-electron chi connectivity index (χ1n) is 15.7. The summed E-state index contributed by atoms with van der Waals surface area (Å²) in [6.45, 7) is 1.43. The Hall–Kier alpha value is -4.35. The van der Waals surface area contributed by atoms with Crippen molar-refractivity contribution in [3.63, 3.8) is 0 Å². The van der Waals surface area contributed by atoms with Gasteiger partial charge in [-0.15, -0.1) is 23.2 Å². The van der Waals surface area contributed by atoms with E-state index in [9.17, 15) is 28.7 Å². The molecule has 0 unspecified atom stereocenters. The van der Waals surface area contributed by atoms with Gasteiger partial charge in [0.25, 0.3) is 0 Å². The maximum atomic E-state index is 13.8. The van der Waals surface area contributed by atoms with Crippen molar-refractivity contribution in [3.8, 4) is 0 Å². The largest absolute Gasteiger partial charge is 0.480 e. The van der Waals surface area contributed by atoms with Gasteiger partial charge in [-0.25, -0.2) is 14.0 Å². The molecule has 1 heterocycles. The Labute approximate surface area is 289 Å². The van der Waals surface area contributed by atoms with E-state index in [1.807, 2.05) is 53.4 Å². The zero-order chi connectivity index (χ0) is 34.5. The number of carbonyl (C=O) groups is 4. The lowest BCUT2D eigenvalue weighted by Crippen LogP contribution is -2.56. The van der Waals surface area contributed by atoms with Crippen LogP contribution in [-0.2, 0) is 38.6 Å². The molecule has 4 rings (SSSR count). The molecular formula is C35H39Cl2FN4O6. The molecule has 0 aliphatic carbocycles. The van der Waals surface area contributed by atoms with Crippen LogP contribution >= 0.6 is 23.2 Å². The number of carboxylic acid groups (broad SMARTS) is 1. The van der Waals surface area contributed by atoms with Crippen LogP contribution in [0.2, 0.25) is 0 Å². The molecule has 0 radical (unpaired) electrons. The number of carboxylic acids is 1. The highest BCUT2D eigenvalue weighted by Gasteiger charge is 2.37. The highest BCUT2D eigenvalue weighted by molar-refractivity contribution is 6.18. The third-order valence-corrected chi connectivity index (χ3v) is 8.36. The van der Waals surface area contributed by atoms with Crippen molar-refractivity contribution in [2.75, 3.05) is 36.3 Å². The first kappa shape index (κ1) is 36.5. The Kier molecular flexibility index (Phi) is 13.9. The summed E-state index contributed by atoms with van der Waals surface area (Å²) < 4.78 is 18.9. The van der Waals surface area contributed by atoms with E-state index in [1.165, 1.54) is 29.2 Å². The fourth-order valence-corrected chi connectivity index (χ4v) is 5.96. The van der Waals surface area contributed by atoms with Gasteiger partial charge in [-0.05, 0) is 53.8 Å². The average molecular weight is 702 g/mol. The molecule has 1 aliphatic rings. The molecule has 10 nitrogen and oxygen atoms in total. The Morgan fingerprint density at radius 3 is 2.21 bits per heavy atom. The van der Waals surface area contributed by atoms with E-state index in [4.69, 9.17) is 27.9 Å². The molecule has 3 aromatic rings. The van der Waals surface area contributed by atoms with Crippen molar-refractivity contribution in [2.45, 2.75) is 50.4 Å². The number of likely N-dealkylation sites (tertiary alicyclic amines) is 1. The Bertz CT molecular complexity index is 1520. The number of hydrogen-bond acceptors (Lipinski definition) is 6. The first-order valence-corrected chi connectivity index (χ1v) is 16.8.